The Kier molecular flexibility index (Phi) is 4.22. The predicted octanol–water partition coefficient (Wildman–Crippen LogP) is 1.73. The summed E-state index contributed by atoms with van der Waals surface area (Å²) in [6, 6.07) is 0.499. The third-order valence-corrected chi connectivity index (χ3v) is 2.81. The molecule has 1 aliphatic rings. The van der Waals surface area contributed by atoms with Crippen molar-refractivity contribution < 1.29 is 9.90 Å². The SMILES string of the molecule is CCC1CCCCCN1CC(=O)O. The van der Waals surface area contributed by atoms with E-state index in [1.807, 2.05) is 0 Å². The fraction of sp³-hybridized carbons (Fsp3) is 0.900. The fourth-order valence-corrected chi connectivity index (χ4v) is 2.08. The molecule has 3 heteroatoms. The highest BCUT2D eigenvalue weighted by molar-refractivity contribution is 5.69. The lowest BCUT2D eigenvalue weighted by atomic mass is 10.1. The van der Waals surface area contributed by atoms with Gasteiger partial charge >= 0.3 is 5.97 Å². The summed E-state index contributed by atoms with van der Waals surface area (Å²) in [5.41, 5.74) is 0. The zero-order valence-electron chi connectivity index (χ0n) is 8.33. The van der Waals surface area contributed by atoms with Crippen molar-refractivity contribution in [1.29, 1.82) is 0 Å². The van der Waals surface area contributed by atoms with Crippen LogP contribution in [0, 0.1) is 0 Å². The van der Waals surface area contributed by atoms with Crippen molar-refractivity contribution >= 4 is 5.97 Å². The van der Waals surface area contributed by atoms with E-state index in [9.17, 15) is 4.79 Å². The van der Waals surface area contributed by atoms with E-state index in [1.165, 1.54) is 19.3 Å². The first-order valence-electron chi connectivity index (χ1n) is 5.20. The number of nitrogens with zero attached hydrogens (tertiary/aromatic N) is 1. The molecule has 0 aromatic heterocycles. The van der Waals surface area contributed by atoms with E-state index in [0.717, 1.165) is 19.4 Å². The van der Waals surface area contributed by atoms with Gasteiger partial charge in [-0.2, -0.15) is 0 Å². The molecule has 76 valence electrons. The van der Waals surface area contributed by atoms with Crippen LogP contribution in [0.1, 0.15) is 39.0 Å². The Bertz CT molecular complexity index is 170. The molecule has 0 spiro atoms. The van der Waals surface area contributed by atoms with Gasteiger partial charge in [-0.15, -0.1) is 0 Å². The summed E-state index contributed by atoms with van der Waals surface area (Å²) in [5.74, 6) is -0.694. The minimum Gasteiger partial charge on any atom is -0.480 e. The minimum absolute atomic E-state index is 0.221. The Morgan fingerprint density at radius 2 is 2.23 bits per heavy atom. The summed E-state index contributed by atoms with van der Waals surface area (Å²) in [5, 5.41) is 8.73. The smallest absolute Gasteiger partial charge is 0.317 e. The molecular weight excluding hydrogens is 166 g/mol. The van der Waals surface area contributed by atoms with Crippen molar-refractivity contribution in [3.05, 3.63) is 0 Å². The number of carboxylic acid groups (broad SMARTS) is 1. The van der Waals surface area contributed by atoms with E-state index in [-0.39, 0.29) is 6.54 Å². The third-order valence-electron chi connectivity index (χ3n) is 2.81. The van der Waals surface area contributed by atoms with Gasteiger partial charge in [-0.25, -0.2) is 0 Å². The molecule has 0 saturated carbocycles. The van der Waals surface area contributed by atoms with Crippen molar-refractivity contribution in [3.63, 3.8) is 0 Å². The molecule has 0 radical (unpaired) electrons. The maximum absolute atomic E-state index is 10.6. The number of likely N-dealkylation sites (tertiary alicyclic amines) is 1. The Morgan fingerprint density at radius 3 is 2.85 bits per heavy atom. The molecule has 13 heavy (non-hydrogen) atoms. The molecule has 1 atom stereocenters. The molecule has 0 amide bonds. The second-order valence-corrected chi connectivity index (χ2v) is 3.78. The summed E-state index contributed by atoms with van der Waals surface area (Å²) in [7, 11) is 0. The molecule has 0 aliphatic carbocycles. The van der Waals surface area contributed by atoms with Gasteiger partial charge in [0.05, 0.1) is 6.54 Å². The van der Waals surface area contributed by atoms with Crippen LogP contribution in [0.3, 0.4) is 0 Å². The van der Waals surface area contributed by atoms with Crippen molar-refractivity contribution in [2.75, 3.05) is 13.1 Å². The van der Waals surface area contributed by atoms with E-state index < -0.39 is 5.97 Å². The number of rotatable bonds is 3. The maximum Gasteiger partial charge on any atom is 0.317 e. The van der Waals surface area contributed by atoms with Gasteiger partial charge in [0, 0.05) is 6.04 Å². The van der Waals surface area contributed by atoms with Gasteiger partial charge in [0.25, 0.3) is 0 Å². The van der Waals surface area contributed by atoms with Crippen LogP contribution in [-0.4, -0.2) is 35.1 Å². The normalized spacial score (nSPS) is 25.5. The van der Waals surface area contributed by atoms with Crippen molar-refractivity contribution in [2.45, 2.75) is 45.1 Å². The highest BCUT2D eigenvalue weighted by atomic mass is 16.4. The van der Waals surface area contributed by atoms with E-state index >= 15 is 0 Å². The fourth-order valence-electron chi connectivity index (χ4n) is 2.08. The van der Waals surface area contributed by atoms with Crippen LogP contribution < -0.4 is 0 Å². The van der Waals surface area contributed by atoms with Crippen LogP contribution in [0.2, 0.25) is 0 Å². The van der Waals surface area contributed by atoms with Gasteiger partial charge in [-0.05, 0) is 25.8 Å². The Labute approximate surface area is 79.7 Å². The maximum atomic E-state index is 10.6. The molecule has 0 bridgehead atoms. The largest absolute Gasteiger partial charge is 0.480 e. The van der Waals surface area contributed by atoms with Gasteiger partial charge in [-0.3, -0.25) is 9.69 Å². The molecule has 1 saturated heterocycles. The molecule has 0 aromatic carbocycles. The standard InChI is InChI=1S/C10H19NO2/c1-2-9-6-4-3-5-7-11(9)8-10(12)13/h9H,2-8H2,1H3,(H,12,13). The van der Waals surface area contributed by atoms with Crippen molar-refractivity contribution in [1.82, 2.24) is 4.90 Å². The van der Waals surface area contributed by atoms with Crippen LogP contribution in [0.25, 0.3) is 0 Å². The summed E-state index contributed by atoms with van der Waals surface area (Å²) in [4.78, 5) is 12.7. The predicted molar refractivity (Wildman–Crippen MR) is 51.8 cm³/mol. The van der Waals surface area contributed by atoms with Gasteiger partial charge < -0.3 is 5.11 Å². The Morgan fingerprint density at radius 1 is 1.46 bits per heavy atom. The molecule has 1 aliphatic heterocycles. The number of carbonyl (C=O) groups is 1. The lowest BCUT2D eigenvalue weighted by molar-refractivity contribution is -0.138. The first-order valence-corrected chi connectivity index (χ1v) is 5.20. The van der Waals surface area contributed by atoms with Gasteiger partial charge in [0.1, 0.15) is 0 Å². The average Bonchev–Trinajstić information content (AvgIpc) is 2.28. The third kappa shape index (κ3) is 3.35. The highest BCUT2D eigenvalue weighted by Gasteiger charge is 2.20. The van der Waals surface area contributed by atoms with E-state index in [1.54, 1.807) is 0 Å². The number of hydrogen-bond donors (Lipinski definition) is 1. The van der Waals surface area contributed by atoms with Gasteiger partial charge in [0.2, 0.25) is 0 Å². The molecule has 1 heterocycles. The summed E-state index contributed by atoms with van der Waals surface area (Å²) in [6.45, 7) is 3.33. The minimum atomic E-state index is -0.694. The molecule has 0 aromatic rings. The second kappa shape index (κ2) is 5.22. The first kappa shape index (κ1) is 10.5. The molecule has 1 fully saturated rings. The van der Waals surface area contributed by atoms with E-state index in [4.69, 9.17) is 5.11 Å². The Balaban J connectivity index is 2.48. The first-order chi connectivity index (χ1) is 6.24. The lowest BCUT2D eigenvalue weighted by Gasteiger charge is -2.27. The average molecular weight is 185 g/mol. The Hall–Kier alpha value is -0.570. The number of hydrogen-bond acceptors (Lipinski definition) is 2. The zero-order valence-corrected chi connectivity index (χ0v) is 8.33. The van der Waals surface area contributed by atoms with Gasteiger partial charge in [0.15, 0.2) is 0 Å². The quantitative estimate of drug-likeness (QED) is 0.728. The van der Waals surface area contributed by atoms with Crippen LogP contribution in [0.5, 0.6) is 0 Å². The molecular formula is C10H19NO2. The van der Waals surface area contributed by atoms with Gasteiger partial charge in [-0.1, -0.05) is 19.8 Å². The molecule has 1 rings (SSSR count). The summed E-state index contributed by atoms with van der Waals surface area (Å²) >= 11 is 0. The van der Waals surface area contributed by atoms with Crippen LogP contribution in [0.15, 0.2) is 0 Å². The zero-order chi connectivity index (χ0) is 9.68. The van der Waals surface area contributed by atoms with Crippen LogP contribution >= 0.6 is 0 Å². The monoisotopic (exact) mass is 185 g/mol. The summed E-state index contributed by atoms with van der Waals surface area (Å²) < 4.78 is 0. The molecule has 1 N–H and O–H groups in total. The van der Waals surface area contributed by atoms with Crippen molar-refractivity contribution in [2.24, 2.45) is 0 Å². The van der Waals surface area contributed by atoms with Crippen LogP contribution in [0.4, 0.5) is 0 Å². The van der Waals surface area contributed by atoms with Crippen molar-refractivity contribution in [3.8, 4) is 0 Å². The number of carboxylic acids is 1. The highest BCUT2D eigenvalue weighted by Crippen LogP contribution is 2.18. The van der Waals surface area contributed by atoms with E-state index in [2.05, 4.69) is 11.8 Å². The van der Waals surface area contributed by atoms with Crippen LogP contribution in [-0.2, 0) is 4.79 Å². The second-order valence-electron chi connectivity index (χ2n) is 3.78. The molecule has 1 unspecified atom stereocenters. The lowest BCUT2D eigenvalue weighted by Crippen LogP contribution is -2.38. The topological polar surface area (TPSA) is 40.5 Å². The van der Waals surface area contributed by atoms with E-state index in [0.29, 0.717) is 6.04 Å². The number of aliphatic carboxylic acids is 1. The molecule has 3 nitrogen and oxygen atoms in total. The summed E-state index contributed by atoms with van der Waals surface area (Å²) in [6.07, 6.45) is 5.92.